The van der Waals surface area contributed by atoms with Gasteiger partial charge < -0.3 is 4.74 Å². The van der Waals surface area contributed by atoms with Crippen LogP contribution in [-0.4, -0.2) is 16.6 Å². The minimum atomic E-state index is 0.195. The number of benzene rings is 1. The molecule has 0 aliphatic rings. The lowest BCUT2D eigenvalue weighted by molar-refractivity contribution is 0.370. The van der Waals surface area contributed by atoms with Crippen molar-refractivity contribution in [1.82, 2.24) is 9.97 Å². The molecule has 4 heteroatoms. The van der Waals surface area contributed by atoms with Crippen molar-refractivity contribution < 1.29 is 4.74 Å². The van der Waals surface area contributed by atoms with Gasteiger partial charge in [-0.1, -0.05) is 24.1 Å². The lowest BCUT2D eigenvalue weighted by atomic mass is 10.3. The highest BCUT2D eigenvalue weighted by Crippen LogP contribution is 2.07. The normalized spacial score (nSPS) is 9.24. The molecule has 0 spiro atoms. The average molecular weight is 245 g/mol. The van der Waals surface area contributed by atoms with E-state index in [4.69, 9.17) is 16.3 Å². The van der Waals surface area contributed by atoms with Gasteiger partial charge in [-0.15, -0.1) is 0 Å². The van der Waals surface area contributed by atoms with Crippen LogP contribution in [0.15, 0.2) is 42.6 Å². The van der Waals surface area contributed by atoms with Crippen LogP contribution in [0.1, 0.15) is 5.69 Å². The molecule has 2 rings (SSSR count). The summed E-state index contributed by atoms with van der Waals surface area (Å²) in [5.41, 5.74) is 0.585. The smallest absolute Gasteiger partial charge is 0.223 e. The SMILES string of the molecule is Clc1nccc(C#CCOc2ccccc2)n1. The summed E-state index contributed by atoms with van der Waals surface area (Å²) in [5, 5.41) is 0.195. The number of rotatable bonds is 2. The van der Waals surface area contributed by atoms with Crippen molar-refractivity contribution in [1.29, 1.82) is 0 Å². The molecule has 0 amide bonds. The quantitative estimate of drug-likeness (QED) is 0.602. The van der Waals surface area contributed by atoms with Crippen LogP contribution in [0, 0.1) is 11.8 Å². The average Bonchev–Trinajstić information content (AvgIpc) is 2.36. The molecular weight excluding hydrogens is 236 g/mol. The fourth-order valence-electron chi connectivity index (χ4n) is 1.17. The van der Waals surface area contributed by atoms with Gasteiger partial charge in [0.2, 0.25) is 5.28 Å². The van der Waals surface area contributed by atoms with E-state index in [0.29, 0.717) is 12.3 Å². The zero-order chi connectivity index (χ0) is 11.9. The van der Waals surface area contributed by atoms with Crippen molar-refractivity contribution in [2.24, 2.45) is 0 Å². The third kappa shape index (κ3) is 3.78. The number of hydrogen-bond donors (Lipinski definition) is 0. The van der Waals surface area contributed by atoms with Crippen LogP contribution < -0.4 is 4.74 Å². The number of aromatic nitrogens is 2. The van der Waals surface area contributed by atoms with Crippen LogP contribution in [0.4, 0.5) is 0 Å². The van der Waals surface area contributed by atoms with E-state index < -0.39 is 0 Å². The molecule has 0 bridgehead atoms. The molecule has 17 heavy (non-hydrogen) atoms. The third-order valence-corrected chi connectivity index (χ3v) is 2.08. The molecule has 0 fully saturated rings. The van der Waals surface area contributed by atoms with E-state index in [1.54, 1.807) is 12.3 Å². The van der Waals surface area contributed by atoms with Gasteiger partial charge in [0.05, 0.1) is 0 Å². The molecule has 1 aromatic carbocycles. The summed E-state index contributed by atoms with van der Waals surface area (Å²) in [6.07, 6.45) is 1.57. The maximum atomic E-state index is 5.63. The molecular formula is C13H9ClN2O. The second-order valence-electron chi connectivity index (χ2n) is 3.11. The van der Waals surface area contributed by atoms with Crippen molar-refractivity contribution in [3.63, 3.8) is 0 Å². The first-order valence-corrected chi connectivity index (χ1v) is 5.38. The second-order valence-corrected chi connectivity index (χ2v) is 3.45. The van der Waals surface area contributed by atoms with E-state index in [9.17, 15) is 0 Å². The molecule has 1 heterocycles. The third-order valence-electron chi connectivity index (χ3n) is 1.90. The lowest BCUT2D eigenvalue weighted by Gasteiger charge is -1.99. The standard InChI is InChI=1S/C13H9ClN2O/c14-13-15-9-8-11(16-13)5-4-10-17-12-6-2-1-3-7-12/h1-3,6-9H,10H2. The summed E-state index contributed by atoms with van der Waals surface area (Å²) < 4.78 is 5.41. The largest absolute Gasteiger partial charge is 0.481 e. The van der Waals surface area contributed by atoms with Gasteiger partial charge in [0.15, 0.2) is 0 Å². The van der Waals surface area contributed by atoms with Crippen molar-refractivity contribution in [3.8, 4) is 17.6 Å². The Morgan fingerprint density at radius 2 is 2.00 bits per heavy atom. The first-order chi connectivity index (χ1) is 8.34. The van der Waals surface area contributed by atoms with Gasteiger partial charge >= 0.3 is 0 Å². The van der Waals surface area contributed by atoms with E-state index in [1.165, 1.54) is 0 Å². The fourth-order valence-corrected chi connectivity index (χ4v) is 1.31. The number of ether oxygens (including phenoxy) is 1. The number of para-hydroxylation sites is 1. The summed E-state index contributed by atoms with van der Waals surface area (Å²) in [5.74, 6) is 6.50. The highest BCUT2D eigenvalue weighted by molar-refractivity contribution is 6.28. The number of hydrogen-bond acceptors (Lipinski definition) is 3. The Bertz CT molecular complexity index is 546. The van der Waals surface area contributed by atoms with Gasteiger partial charge in [0.25, 0.3) is 0 Å². The van der Waals surface area contributed by atoms with Gasteiger partial charge in [0, 0.05) is 6.20 Å². The van der Waals surface area contributed by atoms with Gasteiger partial charge in [0.1, 0.15) is 18.1 Å². The van der Waals surface area contributed by atoms with Crippen molar-refractivity contribution in [3.05, 3.63) is 53.6 Å². The first-order valence-electron chi connectivity index (χ1n) is 5.00. The van der Waals surface area contributed by atoms with Gasteiger partial charge in [-0.25, -0.2) is 9.97 Å². The summed E-state index contributed by atoms with van der Waals surface area (Å²) in [7, 11) is 0. The van der Waals surface area contributed by atoms with Crippen LogP contribution in [-0.2, 0) is 0 Å². The van der Waals surface area contributed by atoms with E-state index >= 15 is 0 Å². The van der Waals surface area contributed by atoms with Crippen LogP contribution in [0.25, 0.3) is 0 Å². The maximum absolute atomic E-state index is 5.63. The zero-order valence-electron chi connectivity index (χ0n) is 8.93. The predicted molar refractivity (Wildman–Crippen MR) is 65.9 cm³/mol. The molecule has 0 atom stereocenters. The van der Waals surface area contributed by atoms with E-state index in [1.807, 2.05) is 30.3 Å². The van der Waals surface area contributed by atoms with Gasteiger partial charge in [-0.3, -0.25) is 0 Å². The highest BCUT2D eigenvalue weighted by Gasteiger charge is 1.91. The van der Waals surface area contributed by atoms with Gasteiger partial charge in [-0.05, 0) is 35.7 Å². The predicted octanol–water partition coefficient (Wildman–Crippen LogP) is 2.56. The molecule has 2 aromatic rings. The second kappa shape index (κ2) is 5.88. The lowest BCUT2D eigenvalue weighted by Crippen LogP contribution is -1.93. The molecule has 1 aromatic heterocycles. The topological polar surface area (TPSA) is 35.0 Å². The van der Waals surface area contributed by atoms with Crippen molar-refractivity contribution >= 4 is 11.6 Å². The van der Waals surface area contributed by atoms with Crippen LogP contribution >= 0.6 is 11.6 Å². The van der Waals surface area contributed by atoms with Crippen molar-refractivity contribution in [2.75, 3.05) is 6.61 Å². The number of nitrogens with zero attached hydrogens (tertiary/aromatic N) is 2. The minimum absolute atomic E-state index is 0.195. The zero-order valence-corrected chi connectivity index (χ0v) is 9.69. The van der Waals surface area contributed by atoms with Crippen molar-refractivity contribution in [2.45, 2.75) is 0 Å². The fraction of sp³-hybridized carbons (Fsp3) is 0.0769. The summed E-state index contributed by atoms with van der Waals surface area (Å²) in [6, 6.07) is 11.2. The van der Waals surface area contributed by atoms with E-state index in [2.05, 4.69) is 21.8 Å². The number of halogens is 1. The molecule has 0 aliphatic carbocycles. The highest BCUT2D eigenvalue weighted by atomic mass is 35.5. The molecule has 0 saturated heterocycles. The Hall–Kier alpha value is -2.05. The molecule has 0 aliphatic heterocycles. The maximum Gasteiger partial charge on any atom is 0.223 e. The summed E-state index contributed by atoms with van der Waals surface area (Å²) >= 11 is 5.63. The Morgan fingerprint density at radius 3 is 2.76 bits per heavy atom. The first kappa shape index (κ1) is 11.4. The Balaban J connectivity index is 1.91. The molecule has 0 N–H and O–H groups in total. The van der Waals surface area contributed by atoms with Gasteiger partial charge in [-0.2, -0.15) is 0 Å². The molecule has 0 radical (unpaired) electrons. The van der Waals surface area contributed by atoms with E-state index in [0.717, 1.165) is 5.75 Å². The summed E-state index contributed by atoms with van der Waals surface area (Å²) in [4.78, 5) is 7.71. The molecule has 84 valence electrons. The van der Waals surface area contributed by atoms with E-state index in [-0.39, 0.29) is 5.28 Å². The summed E-state index contributed by atoms with van der Waals surface area (Å²) in [6.45, 7) is 0.311. The molecule has 0 unspecified atom stereocenters. The van der Waals surface area contributed by atoms with Crippen LogP contribution in [0.3, 0.4) is 0 Å². The molecule has 0 saturated carbocycles. The Morgan fingerprint density at radius 1 is 1.18 bits per heavy atom. The Labute approximate surface area is 104 Å². The molecule has 3 nitrogen and oxygen atoms in total. The van der Waals surface area contributed by atoms with Crippen LogP contribution in [0.5, 0.6) is 5.75 Å². The monoisotopic (exact) mass is 244 g/mol. The van der Waals surface area contributed by atoms with Crippen LogP contribution in [0.2, 0.25) is 5.28 Å². The Kier molecular flexibility index (Phi) is 3.95. The minimum Gasteiger partial charge on any atom is -0.481 e.